The van der Waals surface area contributed by atoms with Gasteiger partial charge in [0.15, 0.2) is 0 Å². The molecule has 0 spiro atoms. The van der Waals surface area contributed by atoms with Gasteiger partial charge < -0.3 is 32.7 Å². The Bertz CT molecular complexity index is 132. The Morgan fingerprint density at radius 3 is 1.00 bits per heavy atom. The first-order chi connectivity index (χ1) is 8.28. The van der Waals surface area contributed by atoms with Gasteiger partial charge in [-0.25, -0.2) is 0 Å². The first kappa shape index (κ1) is 20.4. The molecule has 0 fully saturated rings. The Balaban J connectivity index is 0. The molecule has 0 aliphatic heterocycles. The van der Waals surface area contributed by atoms with Crippen molar-refractivity contribution in [2.24, 2.45) is 22.9 Å². The van der Waals surface area contributed by atoms with Crippen molar-refractivity contribution >= 4 is 12.4 Å². The van der Waals surface area contributed by atoms with E-state index < -0.39 is 0 Å². The SMILES string of the molecule is Cl.NCCN(CCN)CCCN(CCN)CCN. The molecule has 8 N–H and O–H groups in total. The van der Waals surface area contributed by atoms with E-state index in [-0.39, 0.29) is 12.4 Å². The predicted molar refractivity (Wildman–Crippen MR) is 81.0 cm³/mol. The smallest absolute Gasteiger partial charge is 0.0105 e. The molecule has 0 saturated carbocycles. The van der Waals surface area contributed by atoms with Crippen LogP contribution in [-0.2, 0) is 0 Å². The molecule has 18 heavy (non-hydrogen) atoms. The molecule has 0 saturated heterocycles. The molecule has 0 amide bonds. The maximum Gasteiger partial charge on any atom is 0.0105 e. The Hall–Kier alpha value is 0.0500. The van der Waals surface area contributed by atoms with E-state index >= 15 is 0 Å². The Morgan fingerprint density at radius 1 is 0.500 bits per heavy atom. The van der Waals surface area contributed by atoms with Crippen molar-refractivity contribution in [1.82, 2.24) is 9.80 Å². The minimum absolute atomic E-state index is 0. The average Bonchev–Trinajstić information content (AvgIpc) is 2.30. The summed E-state index contributed by atoms with van der Waals surface area (Å²) >= 11 is 0. The molecule has 0 atom stereocenters. The molecule has 0 aliphatic rings. The standard InChI is InChI=1S/C11H30N6.ClH/c12-2-8-16(9-3-13)6-1-7-17(10-4-14)11-5-15;/h1-15H2;1H. The summed E-state index contributed by atoms with van der Waals surface area (Å²) in [7, 11) is 0. The third-order valence-electron chi connectivity index (χ3n) is 2.73. The number of halogens is 1. The van der Waals surface area contributed by atoms with Crippen LogP contribution in [0.1, 0.15) is 6.42 Å². The second-order valence-electron chi connectivity index (χ2n) is 4.19. The van der Waals surface area contributed by atoms with Gasteiger partial charge in [0.25, 0.3) is 0 Å². The van der Waals surface area contributed by atoms with Gasteiger partial charge in [0, 0.05) is 52.4 Å². The van der Waals surface area contributed by atoms with Crippen molar-refractivity contribution < 1.29 is 0 Å². The molecule has 0 aromatic carbocycles. The van der Waals surface area contributed by atoms with Gasteiger partial charge in [-0.2, -0.15) is 0 Å². The van der Waals surface area contributed by atoms with Crippen molar-refractivity contribution in [3.05, 3.63) is 0 Å². The molecule has 0 aromatic rings. The summed E-state index contributed by atoms with van der Waals surface area (Å²) < 4.78 is 0. The molecule has 0 unspecified atom stereocenters. The fourth-order valence-corrected chi connectivity index (χ4v) is 1.92. The Morgan fingerprint density at radius 2 is 0.778 bits per heavy atom. The summed E-state index contributed by atoms with van der Waals surface area (Å²) in [6, 6.07) is 0. The van der Waals surface area contributed by atoms with Crippen molar-refractivity contribution in [1.29, 1.82) is 0 Å². The zero-order chi connectivity index (χ0) is 12.9. The van der Waals surface area contributed by atoms with Crippen LogP contribution in [0.4, 0.5) is 0 Å². The van der Waals surface area contributed by atoms with Crippen LogP contribution in [0.5, 0.6) is 0 Å². The van der Waals surface area contributed by atoms with Crippen molar-refractivity contribution in [2.75, 3.05) is 65.4 Å². The van der Waals surface area contributed by atoms with Gasteiger partial charge in [-0.3, -0.25) is 0 Å². The molecule has 0 aromatic heterocycles. The van der Waals surface area contributed by atoms with Crippen LogP contribution in [-0.4, -0.2) is 75.2 Å². The number of nitrogens with zero attached hydrogens (tertiary/aromatic N) is 2. The summed E-state index contributed by atoms with van der Waals surface area (Å²) in [5.41, 5.74) is 22.2. The van der Waals surface area contributed by atoms with Crippen LogP contribution < -0.4 is 22.9 Å². The highest BCUT2D eigenvalue weighted by Crippen LogP contribution is 1.94. The highest BCUT2D eigenvalue weighted by atomic mass is 35.5. The molecular weight excluding hydrogens is 252 g/mol. The van der Waals surface area contributed by atoms with Crippen LogP contribution in [0.25, 0.3) is 0 Å². The predicted octanol–water partition coefficient (Wildman–Crippen LogP) is -1.76. The topological polar surface area (TPSA) is 111 Å². The lowest BCUT2D eigenvalue weighted by Crippen LogP contribution is -2.38. The van der Waals surface area contributed by atoms with E-state index in [4.69, 9.17) is 22.9 Å². The summed E-state index contributed by atoms with van der Waals surface area (Å²) in [6.07, 6.45) is 1.11. The highest BCUT2D eigenvalue weighted by molar-refractivity contribution is 5.85. The Kier molecular flexibility index (Phi) is 17.1. The van der Waals surface area contributed by atoms with Crippen LogP contribution in [0.15, 0.2) is 0 Å². The second kappa shape index (κ2) is 15.1. The molecule has 0 rings (SSSR count). The van der Waals surface area contributed by atoms with Crippen LogP contribution in [0.2, 0.25) is 0 Å². The second-order valence-corrected chi connectivity index (χ2v) is 4.19. The molecule has 112 valence electrons. The maximum absolute atomic E-state index is 5.56. The molecule has 0 heterocycles. The summed E-state index contributed by atoms with van der Waals surface area (Å²) in [4.78, 5) is 4.62. The van der Waals surface area contributed by atoms with E-state index in [0.29, 0.717) is 26.2 Å². The molecule has 0 aliphatic carbocycles. The lowest BCUT2D eigenvalue weighted by molar-refractivity contribution is 0.238. The zero-order valence-electron chi connectivity index (χ0n) is 11.4. The van der Waals surface area contributed by atoms with Gasteiger partial charge in [0.05, 0.1) is 0 Å². The first-order valence-electron chi connectivity index (χ1n) is 6.53. The van der Waals surface area contributed by atoms with Gasteiger partial charge >= 0.3 is 0 Å². The summed E-state index contributed by atoms with van der Waals surface area (Å²) in [5.74, 6) is 0. The molecule has 7 heteroatoms. The third-order valence-corrected chi connectivity index (χ3v) is 2.73. The normalized spacial score (nSPS) is 11.0. The average molecular weight is 283 g/mol. The molecular formula is C11H31ClN6. The number of hydrogen-bond acceptors (Lipinski definition) is 6. The lowest BCUT2D eigenvalue weighted by atomic mass is 10.3. The van der Waals surface area contributed by atoms with Gasteiger partial charge in [-0.15, -0.1) is 12.4 Å². The molecule has 0 radical (unpaired) electrons. The first-order valence-corrected chi connectivity index (χ1v) is 6.53. The fraction of sp³-hybridized carbons (Fsp3) is 1.00. The van der Waals surface area contributed by atoms with Gasteiger partial charge in [-0.05, 0) is 19.5 Å². The minimum Gasteiger partial charge on any atom is -0.329 e. The van der Waals surface area contributed by atoms with E-state index in [1.54, 1.807) is 0 Å². The van der Waals surface area contributed by atoms with E-state index in [1.165, 1.54) is 0 Å². The zero-order valence-corrected chi connectivity index (χ0v) is 12.2. The number of rotatable bonds is 12. The Labute approximate surface area is 117 Å². The van der Waals surface area contributed by atoms with Crippen LogP contribution in [0, 0.1) is 0 Å². The minimum atomic E-state index is 0. The van der Waals surface area contributed by atoms with Gasteiger partial charge in [-0.1, -0.05) is 0 Å². The quantitative estimate of drug-likeness (QED) is 0.337. The molecule has 6 nitrogen and oxygen atoms in total. The lowest BCUT2D eigenvalue weighted by Gasteiger charge is -2.24. The number of nitrogens with two attached hydrogens (primary N) is 4. The fourth-order valence-electron chi connectivity index (χ4n) is 1.92. The van der Waals surface area contributed by atoms with E-state index in [0.717, 1.165) is 45.7 Å². The van der Waals surface area contributed by atoms with E-state index in [1.807, 2.05) is 0 Å². The van der Waals surface area contributed by atoms with Crippen molar-refractivity contribution in [3.8, 4) is 0 Å². The maximum atomic E-state index is 5.56. The third kappa shape index (κ3) is 11.2. The van der Waals surface area contributed by atoms with E-state index in [9.17, 15) is 0 Å². The van der Waals surface area contributed by atoms with Crippen LogP contribution in [0.3, 0.4) is 0 Å². The highest BCUT2D eigenvalue weighted by Gasteiger charge is 2.05. The summed E-state index contributed by atoms with van der Waals surface area (Å²) in [6.45, 7) is 8.53. The monoisotopic (exact) mass is 282 g/mol. The van der Waals surface area contributed by atoms with Crippen molar-refractivity contribution in [3.63, 3.8) is 0 Å². The number of hydrogen-bond donors (Lipinski definition) is 4. The largest absolute Gasteiger partial charge is 0.329 e. The van der Waals surface area contributed by atoms with Gasteiger partial charge in [0.2, 0.25) is 0 Å². The van der Waals surface area contributed by atoms with Gasteiger partial charge in [0.1, 0.15) is 0 Å². The summed E-state index contributed by atoms with van der Waals surface area (Å²) in [5, 5.41) is 0. The van der Waals surface area contributed by atoms with Crippen LogP contribution >= 0.6 is 12.4 Å². The molecule has 0 bridgehead atoms. The van der Waals surface area contributed by atoms with Crippen molar-refractivity contribution in [2.45, 2.75) is 6.42 Å². The van der Waals surface area contributed by atoms with E-state index in [2.05, 4.69) is 9.80 Å².